The van der Waals surface area contributed by atoms with Gasteiger partial charge in [0.2, 0.25) is 15.9 Å². The first kappa shape index (κ1) is 27.1. The fraction of sp³-hybridized carbons (Fsp3) is 0.370. The summed E-state index contributed by atoms with van der Waals surface area (Å²) in [6.45, 7) is 5.86. The van der Waals surface area contributed by atoms with Crippen LogP contribution in [-0.4, -0.2) is 49.8 Å². The number of benzene rings is 2. The summed E-state index contributed by atoms with van der Waals surface area (Å²) in [7, 11) is -3.70. The second-order valence-corrected chi connectivity index (χ2v) is 11.7. The highest BCUT2D eigenvalue weighted by atomic mass is 32.2. The molecule has 0 radical (unpaired) electrons. The number of carbonyl (C=O) groups is 1. The van der Waals surface area contributed by atoms with Crippen molar-refractivity contribution in [2.24, 2.45) is 0 Å². The zero-order valence-corrected chi connectivity index (χ0v) is 22.1. The molecule has 3 rings (SSSR count). The molecule has 0 N–H and O–H groups in total. The average molecular weight is 515 g/mol. The Hall–Kier alpha value is -2.52. The molecule has 0 aliphatic heterocycles. The van der Waals surface area contributed by atoms with Gasteiger partial charge in [-0.3, -0.25) is 4.79 Å². The molecule has 1 amide bonds. The summed E-state index contributed by atoms with van der Waals surface area (Å²) in [6.07, 6.45) is 0.526. The van der Waals surface area contributed by atoms with Gasteiger partial charge in [0.05, 0.1) is 18.8 Å². The molecule has 0 saturated heterocycles. The highest BCUT2D eigenvalue weighted by molar-refractivity contribution is 7.88. The molecular weight excluding hydrogens is 480 g/mol. The average Bonchev–Trinajstić information content (AvgIpc) is 3.26. The van der Waals surface area contributed by atoms with E-state index in [4.69, 9.17) is 4.74 Å². The third-order valence-electron chi connectivity index (χ3n) is 5.51. The summed E-state index contributed by atoms with van der Waals surface area (Å²) >= 11 is 1.65. The van der Waals surface area contributed by atoms with E-state index in [1.807, 2.05) is 74.5 Å². The molecule has 0 spiro atoms. The predicted octanol–water partition coefficient (Wildman–Crippen LogP) is 4.84. The summed E-state index contributed by atoms with van der Waals surface area (Å²) in [5, 5.41) is 0. The lowest BCUT2D eigenvalue weighted by molar-refractivity contribution is -0.132. The van der Waals surface area contributed by atoms with Crippen LogP contribution in [0.15, 0.2) is 72.8 Å². The molecule has 0 fully saturated rings. The van der Waals surface area contributed by atoms with Crippen molar-refractivity contribution < 1.29 is 17.9 Å². The smallest absolute Gasteiger partial charge is 0.238 e. The van der Waals surface area contributed by atoms with Gasteiger partial charge in [0.25, 0.3) is 0 Å². The van der Waals surface area contributed by atoms with Gasteiger partial charge in [-0.15, -0.1) is 11.3 Å². The molecule has 1 aromatic heterocycles. The first-order valence-corrected chi connectivity index (χ1v) is 14.3. The lowest BCUT2D eigenvalue weighted by Gasteiger charge is -2.27. The molecule has 188 valence electrons. The van der Waals surface area contributed by atoms with Gasteiger partial charge in [0.15, 0.2) is 0 Å². The van der Waals surface area contributed by atoms with Gasteiger partial charge in [-0.1, -0.05) is 60.7 Å². The third-order valence-corrected chi connectivity index (χ3v) is 8.29. The van der Waals surface area contributed by atoms with Crippen LogP contribution in [-0.2, 0) is 38.4 Å². The van der Waals surface area contributed by atoms with Gasteiger partial charge in [0, 0.05) is 36.1 Å². The van der Waals surface area contributed by atoms with Crippen LogP contribution in [0.4, 0.5) is 0 Å². The summed E-state index contributed by atoms with van der Waals surface area (Å²) in [4.78, 5) is 17.5. The maximum absolute atomic E-state index is 13.6. The van der Waals surface area contributed by atoms with Gasteiger partial charge in [-0.2, -0.15) is 4.31 Å². The number of nitrogens with zero attached hydrogens (tertiary/aromatic N) is 2. The van der Waals surface area contributed by atoms with Gasteiger partial charge < -0.3 is 9.64 Å². The van der Waals surface area contributed by atoms with E-state index in [0.29, 0.717) is 38.3 Å². The Balaban J connectivity index is 1.79. The van der Waals surface area contributed by atoms with E-state index in [0.717, 1.165) is 10.4 Å². The van der Waals surface area contributed by atoms with Gasteiger partial charge >= 0.3 is 0 Å². The van der Waals surface area contributed by atoms with Gasteiger partial charge in [-0.25, -0.2) is 8.42 Å². The molecule has 6 nitrogen and oxygen atoms in total. The predicted molar refractivity (Wildman–Crippen MR) is 142 cm³/mol. The van der Waals surface area contributed by atoms with Crippen molar-refractivity contribution in [3.63, 3.8) is 0 Å². The number of ether oxygens (including phenoxy) is 1. The molecule has 0 unspecified atom stereocenters. The number of amides is 1. The van der Waals surface area contributed by atoms with E-state index in [9.17, 15) is 13.2 Å². The lowest BCUT2D eigenvalue weighted by atomic mass is 10.2. The van der Waals surface area contributed by atoms with Crippen molar-refractivity contribution in [2.45, 2.75) is 39.1 Å². The van der Waals surface area contributed by atoms with Gasteiger partial charge in [0.1, 0.15) is 0 Å². The minimum Gasteiger partial charge on any atom is -0.382 e. The fourth-order valence-electron chi connectivity index (χ4n) is 3.73. The Bertz CT molecular complexity index is 1150. The summed E-state index contributed by atoms with van der Waals surface area (Å²) in [6, 6.07) is 22.9. The molecule has 0 aliphatic rings. The lowest BCUT2D eigenvalue weighted by Crippen LogP contribution is -2.43. The molecule has 8 heteroatoms. The second kappa shape index (κ2) is 13.5. The van der Waals surface area contributed by atoms with Crippen LogP contribution < -0.4 is 0 Å². The monoisotopic (exact) mass is 514 g/mol. The molecule has 35 heavy (non-hydrogen) atoms. The van der Waals surface area contributed by atoms with Crippen molar-refractivity contribution in [1.82, 2.24) is 9.21 Å². The van der Waals surface area contributed by atoms with Crippen LogP contribution in [0.3, 0.4) is 0 Å². The Morgan fingerprint density at radius 2 is 1.57 bits per heavy atom. The van der Waals surface area contributed by atoms with E-state index in [-0.39, 0.29) is 24.7 Å². The van der Waals surface area contributed by atoms with E-state index in [2.05, 4.69) is 0 Å². The summed E-state index contributed by atoms with van der Waals surface area (Å²) in [5.74, 6) is -0.355. The molecule has 0 aliphatic carbocycles. The third kappa shape index (κ3) is 8.89. The Kier molecular flexibility index (Phi) is 10.5. The standard InChI is InChI=1S/C27H34N2O4S2/c1-3-33-18-10-17-29(35(31,32)22-25-13-8-5-9-14-25)21-27(30)28(19-24-11-6-4-7-12-24)20-26-16-15-23(2)34-26/h4-9,11-16H,3,10,17-22H2,1-2H3. The first-order valence-electron chi connectivity index (χ1n) is 11.8. The Morgan fingerprint density at radius 3 is 2.17 bits per heavy atom. The van der Waals surface area contributed by atoms with Crippen LogP contribution in [0.2, 0.25) is 0 Å². The molecule has 0 atom stereocenters. The molecule has 1 heterocycles. The van der Waals surface area contributed by atoms with Crippen LogP contribution >= 0.6 is 11.3 Å². The Labute approximate surface area is 213 Å². The number of thiophene rings is 1. The van der Waals surface area contributed by atoms with Crippen molar-refractivity contribution in [1.29, 1.82) is 0 Å². The number of hydrogen-bond acceptors (Lipinski definition) is 5. The SMILES string of the molecule is CCOCCCN(CC(=O)N(Cc1ccccc1)Cc1ccc(C)s1)S(=O)(=O)Cc1ccccc1. The number of hydrogen-bond donors (Lipinski definition) is 0. The van der Waals surface area contributed by atoms with Crippen LogP contribution in [0.1, 0.15) is 34.2 Å². The maximum atomic E-state index is 13.6. The van der Waals surface area contributed by atoms with Crippen LogP contribution in [0.5, 0.6) is 0 Å². The summed E-state index contributed by atoms with van der Waals surface area (Å²) in [5.41, 5.74) is 1.70. The normalized spacial score (nSPS) is 11.6. The van der Waals surface area contributed by atoms with Crippen molar-refractivity contribution >= 4 is 27.3 Å². The van der Waals surface area contributed by atoms with E-state index < -0.39 is 10.0 Å². The molecular formula is C27H34N2O4S2. The highest BCUT2D eigenvalue weighted by Gasteiger charge is 2.27. The molecule has 0 bridgehead atoms. The quantitative estimate of drug-likeness (QED) is 0.289. The summed E-state index contributed by atoms with van der Waals surface area (Å²) < 4.78 is 33.4. The Morgan fingerprint density at radius 1 is 0.914 bits per heavy atom. The minimum absolute atomic E-state index is 0.140. The molecule has 3 aromatic rings. The topological polar surface area (TPSA) is 66.9 Å². The number of carbonyl (C=O) groups excluding carboxylic acids is 1. The van der Waals surface area contributed by atoms with E-state index >= 15 is 0 Å². The molecule has 0 saturated carbocycles. The van der Waals surface area contributed by atoms with E-state index in [1.165, 1.54) is 9.18 Å². The largest absolute Gasteiger partial charge is 0.382 e. The van der Waals surface area contributed by atoms with Crippen molar-refractivity contribution in [3.05, 3.63) is 93.7 Å². The van der Waals surface area contributed by atoms with Crippen LogP contribution in [0.25, 0.3) is 0 Å². The van der Waals surface area contributed by atoms with Crippen molar-refractivity contribution in [3.8, 4) is 0 Å². The minimum atomic E-state index is -3.70. The fourth-order valence-corrected chi connectivity index (χ4v) is 6.14. The van der Waals surface area contributed by atoms with E-state index in [1.54, 1.807) is 28.4 Å². The number of sulfonamides is 1. The molecule has 2 aromatic carbocycles. The van der Waals surface area contributed by atoms with Gasteiger partial charge in [-0.05, 0) is 43.5 Å². The zero-order chi connectivity index (χ0) is 25.1. The van der Waals surface area contributed by atoms with Crippen LogP contribution in [0, 0.1) is 6.92 Å². The number of aryl methyl sites for hydroxylation is 1. The highest BCUT2D eigenvalue weighted by Crippen LogP contribution is 2.20. The number of rotatable bonds is 14. The van der Waals surface area contributed by atoms with Crippen molar-refractivity contribution in [2.75, 3.05) is 26.3 Å². The zero-order valence-electron chi connectivity index (χ0n) is 20.4. The maximum Gasteiger partial charge on any atom is 0.238 e. The first-order chi connectivity index (χ1) is 16.9. The second-order valence-electron chi connectivity index (χ2n) is 8.37.